The fourth-order valence-electron chi connectivity index (χ4n) is 3.74. The fourth-order valence-corrected chi connectivity index (χ4v) is 3.74. The molecule has 2 heterocycles. The van der Waals surface area contributed by atoms with Crippen molar-refractivity contribution in [3.05, 3.63) is 29.3 Å². The topological polar surface area (TPSA) is 87.8 Å². The summed E-state index contributed by atoms with van der Waals surface area (Å²) in [5, 5.41) is 27.6. The lowest BCUT2D eigenvalue weighted by molar-refractivity contribution is -0.151. The van der Waals surface area contributed by atoms with Crippen LogP contribution in [0.25, 0.3) is 0 Å². The Morgan fingerprint density at radius 2 is 2.12 bits per heavy atom. The first kappa shape index (κ1) is 17.6. The molecule has 7 heteroatoms. The fraction of sp³-hybridized carbons (Fsp3) is 0.556. The van der Waals surface area contributed by atoms with Crippen molar-refractivity contribution in [3.63, 3.8) is 0 Å². The predicted octanol–water partition coefficient (Wildman–Crippen LogP) is 1.02. The summed E-state index contributed by atoms with van der Waals surface area (Å²) < 4.78 is 14.1. The Morgan fingerprint density at radius 1 is 1.40 bits per heavy atom. The molecule has 3 rings (SSSR count). The van der Waals surface area contributed by atoms with Crippen molar-refractivity contribution < 1.29 is 19.4 Å². The van der Waals surface area contributed by atoms with Crippen LogP contribution in [0.3, 0.4) is 0 Å². The lowest BCUT2D eigenvalue weighted by Crippen LogP contribution is -2.61. The summed E-state index contributed by atoms with van der Waals surface area (Å²) in [5.74, 6) is -0.109. The van der Waals surface area contributed by atoms with E-state index < -0.39 is 17.7 Å². The molecule has 0 aromatic heterocycles. The number of nitrogens with zero attached hydrogens (tertiary/aromatic N) is 3. The summed E-state index contributed by atoms with van der Waals surface area (Å²) in [4.78, 5) is 16.3. The van der Waals surface area contributed by atoms with Crippen molar-refractivity contribution in [2.75, 3.05) is 32.8 Å². The highest BCUT2D eigenvalue weighted by atomic mass is 19.1. The Hall–Kier alpha value is -2.17. The maximum atomic E-state index is 14.1. The number of amides is 1. The van der Waals surface area contributed by atoms with Gasteiger partial charge < -0.3 is 15.1 Å². The van der Waals surface area contributed by atoms with Crippen LogP contribution in [-0.4, -0.2) is 64.4 Å². The number of aromatic hydroxyl groups is 1. The van der Waals surface area contributed by atoms with Crippen molar-refractivity contribution in [1.82, 2.24) is 9.80 Å². The third kappa shape index (κ3) is 3.32. The van der Waals surface area contributed by atoms with Gasteiger partial charge in [-0.2, -0.15) is 5.26 Å². The van der Waals surface area contributed by atoms with Gasteiger partial charge in [-0.3, -0.25) is 9.69 Å². The molecule has 0 saturated carbocycles. The minimum Gasteiger partial charge on any atom is -0.507 e. The Labute approximate surface area is 146 Å². The molecule has 0 aliphatic carbocycles. The van der Waals surface area contributed by atoms with Crippen LogP contribution < -0.4 is 0 Å². The molecule has 2 saturated heterocycles. The highest BCUT2D eigenvalue weighted by molar-refractivity contribution is 5.84. The van der Waals surface area contributed by atoms with Gasteiger partial charge in [0.1, 0.15) is 11.8 Å². The number of likely N-dealkylation sites (tertiary alicyclic amines) is 2. The second kappa shape index (κ2) is 6.28. The Morgan fingerprint density at radius 3 is 2.72 bits per heavy atom. The average molecular weight is 347 g/mol. The van der Waals surface area contributed by atoms with E-state index in [9.17, 15) is 14.3 Å². The van der Waals surface area contributed by atoms with Crippen LogP contribution in [0.15, 0.2) is 18.2 Å². The van der Waals surface area contributed by atoms with E-state index in [1.165, 1.54) is 11.0 Å². The van der Waals surface area contributed by atoms with E-state index in [1.54, 1.807) is 12.1 Å². The van der Waals surface area contributed by atoms with Crippen LogP contribution in [0.4, 0.5) is 4.39 Å². The largest absolute Gasteiger partial charge is 0.507 e. The molecule has 2 N–H and O–H groups in total. The molecule has 1 unspecified atom stereocenters. The number of aliphatic hydroxyl groups is 1. The first-order valence-corrected chi connectivity index (χ1v) is 8.32. The molecule has 0 bridgehead atoms. The van der Waals surface area contributed by atoms with E-state index in [1.807, 2.05) is 13.0 Å². The quantitative estimate of drug-likeness (QED) is 0.849. The average Bonchev–Trinajstić information content (AvgIpc) is 2.97. The number of phenols is 1. The third-order valence-corrected chi connectivity index (χ3v) is 5.12. The highest BCUT2D eigenvalue weighted by Gasteiger charge is 2.50. The standard InChI is InChI=1S/C18H22FN3O3/c1-17(16(25)22-5-4-18(19,11-22)12-23)9-21(10-17)8-13-2-3-15(24)14(6-13)7-20/h2-3,6,23-24H,4-5,8-12H2,1H3. The molecule has 1 amide bonds. The monoisotopic (exact) mass is 347 g/mol. The number of hydrogen-bond donors (Lipinski definition) is 2. The van der Waals surface area contributed by atoms with Crippen molar-refractivity contribution in [2.45, 2.75) is 25.6 Å². The van der Waals surface area contributed by atoms with Crippen LogP contribution in [-0.2, 0) is 11.3 Å². The molecule has 6 nitrogen and oxygen atoms in total. The highest BCUT2D eigenvalue weighted by Crippen LogP contribution is 2.36. The summed E-state index contributed by atoms with van der Waals surface area (Å²) in [7, 11) is 0. The number of benzene rings is 1. The maximum absolute atomic E-state index is 14.1. The number of hydrogen-bond acceptors (Lipinski definition) is 5. The van der Waals surface area contributed by atoms with E-state index in [0.29, 0.717) is 26.2 Å². The molecule has 134 valence electrons. The zero-order valence-corrected chi connectivity index (χ0v) is 14.2. The maximum Gasteiger partial charge on any atom is 0.231 e. The molecule has 1 aromatic carbocycles. The van der Waals surface area contributed by atoms with Crippen molar-refractivity contribution >= 4 is 5.91 Å². The Balaban J connectivity index is 1.58. The number of carbonyl (C=O) groups excluding carboxylic acids is 1. The van der Waals surface area contributed by atoms with Crippen LogP contribution in [0, 0.1) is 16.7 Å². The van der Waals surface area contributed by atoms with E-state index >= 15 is 0 Å². The van der Waals surface area contributed by atoms with Gasteiger partial charge in [0.2, 0.25) is 5.91 Å². The van der Waals surface area contributed by atoms with E-state index in [2.05, 4.69) is 4.90 Å². The molecule has 1 aromatic rings. The van der Waals surface area contributed by atoms with E-state index in [4.69, 9.17) is 10.4 Å². The SMILES string of the molecule is CC1(C(=O)N2CCC(F)(CO)C2)CN(Cc2ccc(O)c(C#N)c2)C1. The van der Waals surface area contributed by atoms with E-state index in [-0.39, 0.29) is 30.2 Å². The number of rotatable bonds is 4. The summed E-state index contributed by atoms with van der Waals surface area (Å²) >= 11 is 0. The Bertz CT molecular complexity index is 727. The molecule has 0 spiro atoms. The van der Waals surface area contributed by atoms with Gasteiger partial charge >= 0.3 is 0 Å². The molecule has 2 fully saturated rings. The van der Waals surface area contributed by atoms with Gasteiger partial charge in [0.15, 0.2) is 5.67 Å². The second-order valence-electron chi connectivity index (χ2n) is 7.45. The number of carbonyl (C=O) groups is 1. The van der Waals surface area contributed by atoms with Crippen LogP contribution in [0.1, 0.15) is 24.5 Å². The second-order valence-corrected chi connectivity index (χ2v) is 7.45. The summed E-state index contributed by atoms with van der Waals surface area (Å²) in [5.41, 5.74) is -1.09. The predicted molar refractivity (Wildman–Crippen MR) is 88.3 cm³/mol. The zero-order valence-electron chi connectivity index (χ0n) is 14.2. The van der Waals surface area contributed by atoms with Gasteiger partial charge in [0, 0.05) is 32.6 Å². The van der Waals surface area contributed by atoms with Crippen molar-refractivity contribution in [1.29, 1.82) is 5.26 Å². The molecule has 25 heavy (non-hydrogen) atoms. The Kier molecular flexibility index (Phi) is 4.43. The van der Waals surface area contributed by atoms with Crippen molar-refractivity contribution in [3.8, 4) is 11.8 Å². The molecule has 0 radical (unpaired) electrons. The summed E-state index contributed by atoms with van der Waals surface area (Å²) in [6, 6.07) is 6.84. The number of alkyl halides is 1. The number of phenolic OH excluding ortho intramolecular Hbond substituents is 1. The minimum atomic E-state index is -1.67. The van der Waals surface area contributed by atoms with Crippen LogP contribution in [0.5, 0.6) is 5.75 Å². The van der Waals surface area contributed by atoms with Crippen LogP contribution in [0.2, 0.25) is 0 Å². The zero-order chi connectivity index (χ0) is 18.2. The first-order valence-electron chi connectivity index (χ1n) is 8.32. The molecule has 2 aliphatic heterocycles. The summed E-state index contributed by atoms with van der Waals surface area (Å²) in [6.07, 6.45) is 0.180. The summed E-state index contributed by atoms with van der Waals surface area (Å²) in [6.45, 7) is 3.33. The van der Waals surface area contributed by atoms with Gasteiger partial charge in [-0.1, -0.05) is 6.07 Å². The van der Waals surface area contributed by atoms with Gasteiger partial charge in [-0.05, 0) is 24.6 Å². The number of halogens is 1. The first-order chi connectivity index (χ1) is 11.8. The number of nitriles is 1. The number of aliphatic hydroxyl groups excluding tert-OH is 1. The lowest BCUT2D eigenvalue weighted by Gasteiger charge is -2.48. The lowest BCUT2D eigenvalue weighted by atomic mass is 9.80. The third-order valence-electron chi connectivity index (χ3n) is 5.12. The van der Waals surface area contributed by atoms with Gasteiger partial charge in [0.05, 0.1) is 24.1 Å². The van der Waals surface area contributed by atoms with Crippen molar-refractivity contribution in [2.24, 2.45) is 5.41 Å². The molecular formula is C18H22FN3O3. The van der Waals surface area contributed by atoms with Crippen LogP contribution >= 0.6 is 0 Å². The molecular weight excluding hydrogens is 325 g/mol. The molecule has 1 atom stereocenters. The van der Waals surface area contributed by atoms with E-state index in [0.717, 1.165) is 5.56 Å². The van der Waals surface area contributed by atoms with Gasteiger partial charge in [-0.25, -0.2) is 4.39 Å². The van der Waals surface area contributed by atoms with Gasteiger partial charge in [-0.15, -0.1) is 0 Å². The van der Waals surface area contributed by atoms with Gasteiger partial charge in [0.25, 0.3) is 0 Å². The molecule has 2 aliphatic rings. The smallest absolute Gasteiger partial charge is 0.231 e. The minimum absolute atomic E-state index is 0.0394. The normalized spacial score (nSPS) is 25.4.